The highest BCUT2D eigenvalue weighted by atomic mass is 15.3. The summed E-state index contributed by atoms with van der Waals surface area (Å²) in [6.07, 6.45) is 3.65. The van der Waals surface area contributed by atoms with E-state index in [0.717, 1.165) is 43.5 Å². The van der Waals surface area contributed by atoms with E-state index in [1.807, 2.05) is 0 Å². The standard InChI is InChI=1S/C14H24N4/c1-11(2)13-5-6-14(17-16-13)18-9-3-4-12(10-18)7-8-15/h5-6,11-12H,3-4,7-10,15H2,1-2H3. The Morgan fingerprint density at radius 3 is 2.83 bits per heavy atom. The van der Waals surface area contributed by atoms with Crippen LogP contribution in [0.4, 0.5) is 5.82 Å². The van der Waals surface area contributed by atoms with E-state index in [2.05, 4.69) is 41.1 Å². The maximum Gasteiger partial charge on any atom is 0.151 e. The quantitative estimate of drug-likeness (QED) is 0.887. The highest BCUT2D eigenvalue weighted by Crippen LogP contribution is 2.23. The molecule has 0 radical (unpaired) electrons. The Hall–Kier alpha value is -1.16. The fourth-order valence-electron chi connectivity index (χ4n) is 2.56. The summed E-state index contributed by atoms with van der Waals surface area (Å²) >= 11 is 0. The molecule has 4 nitrogen and oxygen atoms in total. The number of nitrogens with two attached hydrogens (primary N) is 1. The monoisotopic (exact) mass is 248 g/mol. The van der Waals surface area contributed by atoms with Gasteiger partial charge in [0.05, 0.1) is 5.69 Å². The van der Waals surface area contributed by atoms with Gasteiger partial charge in [-0.25, -0.2) is 0 Å². The molecule has 0 aliphatic carbocycles. The van der Waals surface area contributed by atoms with Crippen LogP contribution in [0.15, 0.2) is 12.1 Å². The number of piperidine rings is 1. The summed E-state index contributed by atoms with van der Waals surface area (Å²) in [6, 6.07) is 4.20. The molecule has 2 N–H and O–H groups in total. The third-order valence-corrected chi connectivity index (χ3v) is 3.68. The van der Waals surface area contributed by atoms with E-state index in [0.29, 0.717) is 5.92 Å². The minimum atomic E-state index is 0.442. The van der Waals surface area contributed by atoms with Gasteiger partial charge in [0.2, 0.25) is 0 Å². The van der Waals surface area contributed by atoms with Crippen molar-refractivity contribution in [2.45, 2.75) is 39.0 Å². The first-order valence-electron chi connectivity index (χ1n) is 6.99. The molecule has 1 aliphatic rings. The summed E-state index contributed by atoms with van der Waals surface area (Å²) in [7, 11) is 0. The fraction of sp³-hybridized carbons (Fsp3) is 0.714. The SMILES string of the molecule is CC(C)c1ccc(N2CCCC(CCN)C2)nn1. The molecule has 0 bridgehead atoms. The number of rotatable bonds is 4. The molecule has 1 aromatic rings. The molecular formula is C14H24N4. The summed E-state index contributed by atoms with van der Waals surface area (Å²) < 4.78 is 0. The van der Waals surface area contributed by atoms with Crippen LogP contribution >= 0.6 is 0 Å². The molecule has 1 fully saturated rings. The van der Waals surface area contributed by atoms with Gasteiger partial charge in [-0.15, -0.1) is 5.10 Å². The molecule has 1 aliphatic heterocycles. The largest absolute Gasteiger partial charge is 0.355 e. The maximum absolute atomic E-state index is 5.65. The molecule has 0 spiro atoms. The van der Waals surface area contributed by atoms with E-state index in [9.17, 15) is 0 Å². The predicted octanol–water partition coefficient (Wildman–Crippen LogP) is 2.17. The van der Waals surface area contributed by atoms with Gasteiger partial charge in [0.25, 0.3) is 0 Å². The lowest BCUT2D eigenvalue weighted by Crippen LogP contribution is -2.36. The average molecular weight is 248 g/mol. The Balaban J connectivity index is 2.02. The van der Waals surface area contributed by atoms with Crippen molar-refractivity contribution in [3.05, 3.63) is 17.8 Å². The minimum absolute atomic E-state index is 0.442. The summed E-state index contributed by atoms with van der Waals surface area (Å²) in [4.78, 5) is 2.35. The average Bonchev–Trinajstić information content (AvgIpc) is 2.39. The summed E-state index contributed by atoms with van der Waals surface area (Å²) in [6.45, 7) is 7.24. The Labute approximate surface area is 110 Å². The van der Waals surface area contributed by atoms with Crippen LogP contribution in [-0.4, -0.2) is 29.8 Å². The van der Waals surface area contributed by atoms with Crippen molar-refractivity contribution < 1.29 is 0 Å². The molecule has 2 heterocycles. The molecule has 18 heavy (non-hydrogen) atoms. The van der Waals surface area contributed by atoms with Crippen LogP contribution in [0.2, 0.25) is 0 Å². The third-order valence-electron chi connectivity index (χ3n) is 3.68. The van der Waals surface area contributed by atoms with Crippen LogP contribution < -0.4 is 10.6 Å². The third kappa shape index (κ3) is 3.19. The van der Waals surface area contributed by atoms with Crippen LogP contribution in [-0.2, 0) is 0 Å². The second-order valence-electron chi connectivity index (χ2n) is 5.50. The first-order chi connectivity index (χ1) is 8.70. The van der Waals surface area contributed by atoms with Crippen molar-refractivity contribution in [2.24, 2.45) is 11.7 Å². The van der Waals surface area contributed by atoms with Gasteiger partial charge in [-0.2, -0.15) is 5.10 Å². The zero-order valence-electron chi connectivity index (χ0n) is 11.5. The van der Waals surface area contributed by atoms with E-state index in [1.165, 1.54) is 12.8 Å². The van der Waals surface area contributed by atoms with Crippen molar-refractivity contribution >= 4 is 5.82 Å². The van der Waals surface area contributed by atoms with Crippen molar-refractivity contribution in [1.82, 2.24) is 10.2 Å². The number of hydrogen-bond donors (Lipinski definition) is 1. The number of aromatic nitrogens is 2. The molecule has 1 saturated heterocycles. The zero-order chi connectivity index (χ0) is 13.0. The Kier molecular flexibility index (Phi) is 4.53. The Morgan fingerprint density at radius 2 is 2.22 bits per heavy atom. The Bertz CT molecular complexity index is 359. The van der Waals surface area contributed by atoms with E-state index < -0.39 is 0 Å². The van der Waals surface area contributed by atoms with Gasteiger partial charge in [-0.1, -0.05) is 13.8 Å². The van der Waals surface area contributed by atoms with Crippen molar-refractivity contribution in [2.75, 3.05) is 24.5 Å². The van der Waals surface area contributed by atoms with Crippen LogP contribution in [0.5, 0.6) is 0 Å². The molecule has 0 amide bonds. The molecule has 100 valence electrons. The lowest BCUT2D eigenvalue weighted by atomic mass is 9.95. The molecular weight excluding hydrogens is 224 g/mol. The summed E-state index contributed by atoms with van der Waals surface area (Å²) in [5.74, 6) is 2.18. The minimum Gasteiger partial charge on any atom is -0.355 e. The van der Waals surface area contributed by atoms with Crippen LogP contribution in [0.3, 0.4) is 0 Å². The van der Waals surface area contributed by atoms with Crippen LogP contribution in [0.25, 0.3) is 0 Å². The topological polar surface area (TPSA) is 55.0 Å². The molecule has 2 rings (SSSR count). The number of anilines is 1. The maximum atomic E-state index is 5.65. The second kappa shape index (κ2) is 6.14. The molecule has 0 saturated carbocycles. The van der Waals surface area contributed by atoms with Crippen molar-refractivity contribution in [1.29, 1.82) is 0 Å². The van der Waals surface area contributed by atoms with Crippen molar-refractivity contribution in [3.8, 4) is 0 Å². The smallest absolute Gasteiger partial charge is 0.151 e. The van der Waals surface area contributed by atoms with Gasteiger partial charge in [0.1, 0.15) is 0 Å². The second-order valence-corrected chi connectivity index (χ2v) is 5.50. The van der Waals surface area contributed by atoms with E-state index in [4.69, 9.17) is 5.73 Å². The molecule has 1 unspecified atom stereocenters. The normalized spacial score (nSPS) is 20.4. The molecule has 1 atom stereocenters. The summed E-state index contributed by atoms with van der Waals surface area (Å²) in [5.41, 5.74) is 6.71. The lowest BCUT2D eigenvalue weighted by Gasteiger charge is -2.33. The van der Waals surface area contributed by atoms with Gasteiger partial charge >= 0.3 is 0 Å². The Morgan fingerprint density at radius 1 is 1.39 bits per heavy atom. The fourth-order valence-corrected chi connectivity index (χ4v) is 2.56. The molecule has 4 heteroatoms. The lowest BCUT2D eigenvalue weighted by molar-refractivity contribution is 0.394. The van der Waals surface area contributed by atoms with Crippen molar-refractivity contribution in [3.63, 3.8) is 0 Å². The van der Waals surface area contributed by atoms with E-state index >= 15 is 0 Å². The van der Waals surface area contributed by atoms with Gasteiger partial charge in [0.15, 0.2) is 5.82 Å². The molecule has 1 aromatic heterocycles. The zero-order valence-corrected chi connectivity index (χ0v) is 11.5. The van der Waals surface area contributed by atoms with E-state index in [-0.39, 0.29) is 0 Å². The van der Waals surface area contributed by atoms with Crippen LogP contribution in [0, 0.1) is 5.92 Å². The first kappa shape index (κ1) is 13.3. The predicted molar refractivity (Wildman–Crippen MR) is 74.7 cm³/mol. The van der Waals surface area contributed by atoms with Gasteiger partial charge < -0.3 is 10.6 Å². The van der Waals surface area contributed by atoms with Gasteiger partial charge in [-0.3, -0.25) is 0 Å². The number of hydrogen-bond acceptors (Lipinski definition) is 4. The highest BCUT2D eigenvalue weighted by molar-refractivity contribution is 5.38. The molecule has 0 aromatic carbocycles. The highest BCUT2D eigenvalue weighted by Gasteiger charge is 2.20. The van der Waals surface area contributed by atoms with E-state index in [1.54, 1.807) is 0 Å². The first-order valence-corrected chi connectivity index (χ1v) is 6.99. The van der Waals surface area contributed by atoms with Gasteiger partial charge in [0, 0.05) is 13.1 Å². The number of nitrogens with zero attached hydrogens (tertiary/aromatic N) is 3. The summed E-state index contributed by atoms with van der Waals surface area (Å²) in [5, 5.41) is 8.67. The van der Waals surface area contributed by atoms with Crippen LogP contribution in [0.1, 0.15) is 44.7 Å². The van der Waals surface area contributed by atoms with Gasteiger partial charge in [-0.05, 0) is 49.8 Å².